The van der Waals surface area contributed by atoms with Crippen molar-refractivity contribution in [3.63, 3.8) is 0 Å². The van der Waals surface area contributed by atoms with Crippen LogP contribution in [-0.4, -0.2) is 118 Å². The van der Waals surface area contributed by atoms with Gasteiger partial charge in [-0.05, 0) is 0 Å². The normalized spacial score (nSPS) is 42.8. The number of carbonyl (C=O) groups is 1. The molecule has 2 rings (SSSR count). The molecule has 0 aromatic rings. The average Bonchev–Trinajstić information content (AvgIpc) is 2.69. The van der Waals surface area contributed by atoms with Gasteiger partial charge in [0.05, 0.1) is 13.2 Å². The molecule has 0 aromatic carbocycles. The summed E-state index contributed by atoms with van der Waals surface area (Å²) < 4.78 is 21.6. The molecule has 12 nitrogen and oxygen atoms in total. The molecule has 29 heavy (non-hydrogen) atoms. The maximum atomic E-state index is 11.5. The second-order valence-corrected chi connectivity index (χ2v) is 6.76. The van der Waals surface area contributed by atoms with Crippen molar-refractivity contribution in [2.45, 2.75) is 68.3 Å². The first-order chi connectivity index (χ1) is 13.7. The van der Waals surface area contributed by atoms with Gasteiger partial charge in [0.15, 0.2) is 12.6 Å². The molecule has 2 heterocycles. The highest BCUT2D eigenvalue weighted by Gasteiger charge is 2.51. The zero-order chi connectivity index (χ0) is 21.7. The molecule has 1 amide bonds. The molecular formula is C17H27NO11. The van der Waals surface area contributed by atoms with Gasteiger partial charge in [0, 0.05) is 6.92 Å². The molecule has 10 atom stereocenters. The number of nitrogens with one attached hydrogen (secondary N) is 1. The number of aliphatic hydroxyl groups is 6. The standard InChI is InChI=1S/C17H27NO11/c1-3-4-26-16-10(18-7(2)21)12(23)15(9(6-20)28-16)29-17-14(25)13(24)11(22)8(5-19)27-17/h1,8-17,19-20,22-25H,4-6H2,2H3,(H,18,21)/t8-,9?,10?,11-,12+,13?,14?,15+,16+,17-/m0/s1. The number of aliphatic hydroxyl groups excluding tert-OH is 6. The van der Waals surface area contributed by atoms with Crippen LogP contribution < -0.4 is 5.32 Å². The van der Waals surface area contributed by atoms with Gasteiger partial charge in [-0.2, -0.15) is 0 Å². The van der Waals surface area contributed by atoms with E-state index >= 15 is 0 Å². The number of rotatable bonds is 7. The largest absolute Gasteiger partial charge is 0.394 e. The van der Waals surface area contributed by atoms with E-state index in [0.717, 1.165) is 0 Å². The minimum atomic E-state index is -1.73. The van der Waals surface area contributed by atoms with Crippen molar-refractivity contribution < 1.29 is 54.4 Å². The number of terminal acetylenes is 1. The van der Waals surface area contributed by atoms with Gasteiger partial charge < -0.3 is 54.9 Å². The number of hydrogen-bond donors (Lipinski definition) is 7. The first kappa shape index (κ1) is 23.9. The third kappa shape index (κ3) is 5.41. The Kier molecular flexibility index (Phi) is 8.73. The van der Waals surface area contributed by atoms with E-state index in [2.05, 4.69) is 11.2 Å². The van der Waals surface area contributed by atoms with Crippen molar-refractivity contribution in [1.29, 1.82) is 0 Å². The van der Waals surface area contributed by atoms with E-state index in [4.69, 9.17) is 25.4 Å². The van der Waals surface area contributed by atoms with Crippen LogP contribution in [0, 0.1) is 12.3 Å². The minimum absolute atomic E-state index is 0.191. The van der Waals surface area contributed by atoms with E-state index in [-0.39, 0.29) is 6.61 Å². The summed E-state index contributed by atoms with van der Waals surface area (Å²) in [5.41, 5.74) is 0. The Morgan fingerprint density at radius 1 is 1.00 bits per heavy atom. The molecule has 166 valence electrons. The zero-order valence-electron chi connectivity index (χ0n) is 15.7. The maximum absolute atomic E-state index is 11.5. The lowest BCUT2D eigenvalue weighted by atomic mass is 9.95. The molecule has 2 aliphatic heterocycles. The third-order valence-corrected chi connectivity index (χ3v) is 4.69. The van der Waals surface area contributed by atoms with Gasteiger partial charge in [-0.3, -0.25) is 4.79 Å². The van der Waals surface area contributed by atoms with Crippen LogP contribution in [-0.2, 0) is 23.7 Å². The molecule has 4 unspecified atom stereocenters. The van der Waals surface area contributed by atoms with E-state index in [1.807, 2.05) is 0 Å². The Bertz CT molecular complexity index is 582. The van der Waals surface area contributed by atoms with Crippen molar-refractivity contribution in [3.05, 3.63) is 0 Å². The van der Waals surface area contributed by atoms with E-state index in [0.29, 0.717) is 0 Å². The lowest BCUT2D eigenvalue weighted by molar-refractivity contribution is -0.347. The second-order valence-electron chi connectivity index (χ2n) is 6.76. The Hall–Kier alpha value is -1.37. The highest BCUT2D eigenvalue weighted by molar-refractivity contribution is 5.73. The van der Waals surface area contributed by atoms with Crippen LogP contribution in [0.25, 0.3) is 0 Å². The van der Waals surface area contributed by atoms with Crippen molar-refractivity contribution in [2.75, 3.05) is 19.8 Å². The molecule has 0 radical (unpaired) electrons. The third-order valence-electron chi connectivity index (χ3n) is 4.69. The summed E-state index contributed by atoms with van der Waals surface area (Å²) in [6.45, 7) is -0.295. The fourth-order valence-electron chi connectivity index (χ4n) is 3.23. The topological polar surface area (TPSA) is 187 Å². The van der Waals surface area contributed by atoms with E-state index < -0.39 is 80.5 Å². The maximum Gasteiger partial charge on any atom is 0.217 e. The Morgan fingerprint density at radius 2 is 1.62 bits per heavy atom. The summed E-state index contributed by atoms with van der Waals surface area (Å²) >= 11 is 0. The number of amides is 1. The smallest absolute Gasteiger partial charge is 0.217 e. The van der Waals surface area contributed by atoms with E-state index in [9.17, 15) is 35.4 Å². The lowest BCUT2D eigenvalue weighted by Crippen LogP contribution is -2.67. The van der Waals surface area contributed by atoms with Crippen LogP contribution in [0.3, 0.4) is 0 Å². The second kappa shape index (κ2) is 10.6. The van der Waals surface area contributed by atoms with E-state index in [1.165, 1.54) is 6.92 Å². The van der Waals surface area contributed by atoms with Crippen molar-refractivity contribution in [3.8, 4) is 12.3 Å². The predicted molar refractivity (Wildman–Crippen MR) is 92.8 cm³/mol. The Morgan fingerprint density at radius 3 is 2.17 bits per heavy atom. The van der Waals surface area contributed by atoms with Crippen LogP contribution in [0.2, 0.25) is 0 Å². The average molecular weight is 421 g/mol. The highest BCUT2D eigenvalue weighted by Crippen LogP contribution is 2.29. The molecule has 12 heteroatoms. The molecule has 0 spiro atoms. The first-order valence-corrected chi connectivity index (χ1v) is 8.97. The van der Waals surface area contributed by atoms with Crippen molar-refractivity contribution in [2.24, 2.45) is 0 Å². The number of carbonyl (C=O) groups excluding carboxylic acids is 1. The monoisotopic (exact) mass is 421 g/mol. The molecule has 0 aromatic heterocycles. The van der Waals surface area contributed by atoms with Crippen molar-refractivity contribution in [1.82, 2.24) is 5.32 Å². The molecule has 0 aliphatic carbocycles. The fraction of sp³-hybridized carbons (Fsp3) is 0.824. The number of hydrogen-bond acceptors (Lipinski definition) is 11. The fourth-order valence-corrected chi connectivity index (χ4v) is 3.23. The zero-order valence-corrected chi connectivity index (χ0v) is 15.7. The lowest BCUT2D eigenvalue weighted by Gasteiger charge is -2.47. The molecule has 2 aliphatic rings. The van der Waals surface area contributed by atoms with Crippen LogP contribution >= 0.6 is 0 Å². The van der Waals surface area contributed by atoms with Gasteiger partial charge in [-0.1, -0.05) is 5.92 Å². The van der Waals surface area contributed by atoms with Gasteiger partial charge in [0.25, 0.3) is 0 Å². The molecule has 2 fully saturated rings. The molecule has 0 bridgehead atoms. The molecule has 0 saturated carbocycles. The highest BCUT2D eigenvalue weighted by atomic mass is 16.7. The number of ether oxygens (including phenoxy) is 4. The quantitative estimate of drug-likeness (QED) is 0.196. The van der Waals surface area contributed by atoms with Gasteiger partial charge in [0.2, 0.25) is 5.91 Å². The van der Waals surface area contributed by atoms with E-state index in [1.54, 1.807) is 0 Å². The summed E-state index contributed by atoms with van der Waals surface area (Å²) in [6.07, 6.45) is -7.90. The van der Waals surface area contributed by atoms with Gasteiger partial charge in [-0.25, -0.2) is 0 Å². The summed E-state index contributed by atoms with van der Waals surface area (Å²) in [6, 6.07) is -1.14. The molecular weight excluding hydrogens is 394 g/mol. The molecule has 2 saturated heterocycles. The summed E-state index contributed by atoms with van der Waals surface area (Å²) in [4.78, 5) is 11.5. The van der Waals surface area contributed by atoms with Gasteiger partial charge in [-0.15, -0.1) is 6.42 Å². The summed E-state index contributed by atoms with van der Waals surface area (Å²) in [5, 5.41) is 62.0. The van der Waals surface area contributed by atoms with Crippen LogP contribution in [0.1, 0.15) is 6.92 Å². The Labute approximate surface area is 166 Å². The predicted octanol–water partition coefficient (Wildman–Crippen LogP) is -4.60. The summed E-state index contributed by atoms with van der Waals surface area (Å²) in [7, 11) is 0. The van der Waals surface area contributed by atoms with Gasteiger partial charge >= 0.3 is 0 Å². The van der Waals surface area contributed by atoms with Crippen LogP contribution in [0.4, 0.5) is 0 Å². The first-order valence-electron chi connectivity index (χ1n) is 8.97. The van der Waals surface area contributed by atoms with Crippen LogP contribution in [0.5, 0.6) is 0 Å². The van der Waals surface area contributed by atoms with Gasteiger partial charge in [0.1, 0.15) is 55.4 Å². The minimum Gasteiger partial charge on any atom is -0.394 e. The van der Waals surface area contributed by atoms with Crippen molar-refractivity contribution >= 4 is 5.91 Å². The summed E-state index contributed by atoms with van der Waals surface area (Å²) in [5.74, 6) is 1.71. The van der Waals surface area contributed by atoms with Crippen LogP contribution in [0.15, 0.2) is 0 Å². The SMILES string of the molecule is C#CCO[C@@H]1OC(CO)[C@@H](O[C@@H]2O[C@@H](CO)[C@H](O)C(O)C2O)[C@H](O)C1NC(C)=O. The Balaban J connectivity index is 2.21. The molecule has 7 N–H and O–H groups in total.